The van der Waals surface area contributed by atoms with Crippen LogP contribution in [0.5, 0.6) is 0 Å². The van der Waals surface area contributed by atoms with Crippen LogP contribution in [0.1, 0.15) is 66.5 Å². The first-order chi connectivity index (χ1) is 13.5. The fourth-order valence-electron chi connectivity index (χ4n) is 3.38. The summed E-state index contributed by atoms with van der Waals surface area (Å²) in [4.78, 5) is 31.3. The summed E-state index contributed by atoms with van der Waals surface area (Å²) in [5, 5.41) is 9.91. The highest BCUT2D eigenvalue weighted by Gasteiger charge is 2.30. The topological polar surface area (TPSA) is 105 Å². The summed E-state index contributed by atoms with van der Waals surface area (Å²) in [6, 6.07) is -0.00981. The molecule has 1 fully saturated rings. The van der Waals surface area contributed by atoms with Crippen molar-refractivity contribution in [2.24, 2.45) is 0 Å². The van der Waals surface area contributed by atoms with Crippen molar-refractivity contribution >= 4 is 17.6 Å². The van der Waals surface area contributed by atoms with E-state index < -0.39 is 5.60 Å². The van der Waals surface area contributed by atoms with E-state index >= 15 is 0 Å². The fraction of sp³-hybridized carbons (Fsp3) is 0.700. The number of rotatable bonds is 3. The van der Waals surface area contributed by atoms with Crippen LogP contribution in [0.2, 0.25) is 0 Å². The van der Waals surface area contributed by atoms with Crippen molar-refractivity contribution in [2.45, 2.75) is 77.9 Å². The van der Waals surface area contributed by atoms with Gasteiger partial charge in [0.05, 0.1) is 11.7 Å². The molecule has 2 aromatic rings. The molecule has 0 bridgehead atoms. The van der Waals surface area contributed by atoms with E-state index in [-0.39, 0.29) is 23.2 Å². The number of H-pyrrole nitrogens is 1. The largest absolute Gasteiger partial charge is 0.444 e. The minimum atomic E-state index is -0.530. The summed E-state index contributed by atoms with van der Waals surface area (Å²) < 4.78 is 7.05. The Kier molecular flexibility index (Phi) is 5.60. The highest BCUT2D eigenvalue weighted by molar-refractivity contribution is 5.69. The molecule has 3 rings (SSSR count). The van der Waals surface area contributed by atoms with Crippen LogP contribution in [-0.2, 0) is 10.2 Å². The van der Waals surface area contributed by atoms with Gasteiger partial charge in [-0.15, -0.1) is 5.10 Å². The average Bonchev–Trinajstić information content (AvgIpc) is 2.99. The lowest BCUT2D eigenvalue weighted by Crippen LogP contribution is -2.49. The van der Waals surface area contributed by atoms with Crippen molar-refractivity contribution in [3.8, 4) is 0 Å². The van der Waals surface area contributed by atoms with Gasteiger partial charge >= 0.3 is 11.8 Å². The van der Waals surface area contributed by atoms with Gasteiger partial charge in [-0.05, 0) is 40.0 Å². The Labute approximate surface area is 170 Å². The lowest BCUT2D eigenvalue weighted by molar-refractivity contribution is 0.0114. The number of likely N-dealkylation sites (tertiary alicyclic amines) is 1. The van der Waals surface area contributed by atoms with E-state index in [9.17, 15) is 9.59 Å². The molecule has 2 N–H and O–H groups in total. The number of hydrogen-bond acceptors (Lipinski definition) is 6. The number of hydrogen-bond donors (Lipinski definition) is 2. The monoisotopic (exact) mass is 404 g/mol. The third kappa shape index (κ3) is 4.89. The van der Waals surface area contributed by atoms with Crippen molar-refractivity contribution in [1.82, 2.24) is 24.5 Å². The van der Waals surface area contributed by atoms with E-state index in [1.165, 1.54) is 4.40 Å². The second-order valence-corrected chi connectivity index (χ2v) is 9.65. The minimum absolute atomic E-state index is 0.00981. The Morgan fingerprint density at radius 2 is 2.00 bits per heavy atom. The zero-order valence-electron chi connectivity index (χ0n) is 18.2. The molecule has 1 unspecified atom stereocenters. The average molecular weight is 405 g/mol. The minimum Gasteiger partial charge on any atom is -0.444 e. The third-order valence-electron chi connectivity index (χ3n) is 4.93. The molecule has 0 saturated carbocycles. The maximum atomic E-state index is 12.6. The molecular weight excluding hydrogens is 372 g/mol. The van der Waals surface area contributed by atoms with Crippen LogP contribution >= 0.6 is 0 Å². The molecule has 0 radical (unpaired) electrons. The Hall–Kier alpha value is -2.58. The van der Waals surface area contributed by atoms with E-state index in [0.717, 1.165) is 25.0 Å². The van der Waals surface area contributed by atoms with E-state index in [4.69, 9.17) is 9.72 Å². The van der Waals surface area contributed by atoms with E-state index in [0.29, 0.717) is 24.6 Å². The summed E-state index contributed by atoms with van der Waals surface area (Å²) in [6.07, 6.45) is 4.33. The van der Waals surface area contributed by atoms with E-state index in [1.807, 2.05) is 41.5 Å². The Morgan fingerprint density at radius 1 is 1.28 bits per heavy atom. The summed E-state index contributed by atoms with van der Waals surface area (Å²) in [5.74, 6) is 0.533. The van der Waals surface area contributed by atoms with Crippen molar-refractivity contribution in [2.75, 3.05) is 18.4 Å². The molecular formula is C20H32N6O3. The predicted octanol–water partition coefficient (Wildman–Crippen LogP) is 2.92. The molecule has 160 valence electrons. The zero-order chi connectivity index (χ0) is 21.4. The van der Waals surface area contributed by atoms with Crippen LogP contribution in [0.25, 0.3) is 5.65 Å². The van der Waals surface area contributed by atoms with E-state index in [1.54, 1.807) is 11.1 Å². The Morgan fingerprint density at radius 3 is 2.66 bits per heavy atom. The second-order valence-electron chi connectivity index (χ2n) is 9.65. The number of piperidine rings is 1. The van der Waals surface area contributed by atoms with Gasteiger partial charge in [-0.2, -0.15) is 0 Å². The number of fused-ring (bicyclic) bond motifs is 1. The molecule has 1 aliphatic heterocycles. The van der Waals surface area contributed by atoms with Gasteiger partial charge in [-0.3, -0.25) is 0 Å². The molecule has 9 heteroatoms. The Bertz CT molecular complexity index is 934. The normalized spacial score (nSPS) is 18.1. The van der Waals surface area contributed by atoms with Crippen LogP contribution < -0.4 is 11.0 Å². The van der Waals surface area contributed by atoms with E-state index in [2.05, 4.69) is 15.5 Å². The molecule has 1 atom stereocenters. The Balaban J connectivity index is 1.83. The fourth-order valence-corrected chi connectivity index (χ4v) is 3.38. The number of ether oxygens (including phenoxy) is 1. The predicted molar refractivity (Wildman–Crippen MR) is 111 cm³/mol. The van der Waals surface area contributed by atoms with Crippen molar-refractivity contribution in [3.63, 3.8) is 0 Å². The van der Waals surface area contributed by atoms with Gasteiger partial charge in [0, 0.05) is 24.7 Å². The lowest BCUT2D eigenvalue weighted by Gasteiger charge is -2.37. The van der Waals surface area contributed by atoms with Gasteiger partial charge in [0.15, 0.2) is 5.82 Å². The van der Waals surface area contributed by atoms with Gasteiger partial charge < -0.3 is 15.0 Å². The highest BCUT2D eigenvalue weighted by Crippen LogP contribution is 2.24. The first-order valence-corrected chi connectivity index (χ1v) is 10.2. The number of aromatic amines is 1. The molecule has 1 aliphatic rings. The first-order valence-electron chi connectivity index (χ1n) is 10.2. The number of anilines is 1. The molecule has 2 aromatic heterocycles. The van der Waals surface area contributed by atoms with Crippen LogP contribution in [0, 0.1) is 0 Å². The SMILES string of the molecule is CC(C)(C)OC(=O)N1CCCCC1CNc1nc(C(C)(C)C)cn2c(=O)[nH]nc12. The first kappa shape index (κ1) is 21.1. The van der Waals surface area contributed by atoms with Crippen LogP contribution in [0.15, 0.2) is 11.0 Å². The number of nitrogens with one attached hydrogen (secondary N) is 2. The summed E-state index contributed by atoms with van der Waals surface area (Å²) >= 11 is 0. The smallest absolute Gasteiger partial charge is 0.410 e. The van der Waals surface area contributed by atoms with Crippen LogP contribution in [0.3, 0.4) is 0 Å². The summed E-state index contributed by atoms with van der Waals surface area (Å²) in [7, 11) is 0. The van der Waals surface area contributed by atoms with Gasteiger partial charge in [0.25, 0.3) is 0 Å². The standard InChI is InChI=1S/C20H32N6O3/c1-19(2,3)14-12-26-16(23-24-17(26)27)15(22-14)21-11-13-9-7-8-10-25(13)18(28)29-20(4,5)6/h12-13H,7-11H2,1-6H3,(H,21,22)(H,24,27). The number of carbonyl (C=O) groups is 1. The lowest BCUT2D eigenvalue weighted by atomic mass is 9.93. The number of aromatic nitrogens is 4. The van der Waals surface area contributed by atoms with Crippen LogP contribution in [0.4, 0.5) is 10.6 Å². The maximum Gasteiger partial charge on any atom is 0.410 e. The zero-order valence-corrected chi connectivity index (χ0v) is 18.2. The maximum absolute atomic E-state index is 12.6. The van der Waals surface area contributed by atoms with Crippen molar-refractivity contribution in [1.29, 1.82) is 0 Å². The van der Waals surface area contributed by atoms with Crippen LogP contribution in [-0.4, -0.2) is 55.3 Å². The molecule has 1 amide bonds. The van der Waals surface area contributed by atoms with Gasteiger partial charge in [0.2, 0.25) is 5.65 Å². The molecule has 29 heavy (non-hydrogen) atoms. The summed E-state index contributed by atoms with van der Waals surface area (Å²) in [5.41, 5.74) is 0.168. The number of amides is 1. The molecule has 0 aliphatic carbocycles. The molecule has 3 heterocycles. The van der Waals surface area contributed by atoms with Crippen molar-refractivity contribution < 1.29 is 9.53 Å². The molecule has 1 saturated heterocycles. The summed E-state index contributed by atoms with van der Waals surface area (Å²) in [6.45, 7) is 12.9. The number of nitrogens with zero attached hydrogens (tertiary/aromatic N) is 4. The van der Waals surface area contributed by atoms with Gasteiger partial charge in [-0.25, -0.2) is 24.1 Å². The van der Waals surface area contributed by atoms with Crippen molar-refractivity contribution in [3.05, 3.63) is 22.4 Å². The third-order valence-corrected chi connectivity index (χ3v) is 4.93. The second kappa shape index (κ2) is 7.68. The van der Waals surface area contributed by atoms with Gasteiger partial charge in [-0.1, -0.05) is 20.8 Å². The quantitative estimate of drug-likeness (QED) is 0.815. The highest BCUT2D eigenvalue weighted by atomic mass is 16.6. The molecule has 0 aromatic carbocycles. The molecule has 0 spiro atoms. The molecule has 9 nitrogen and oxygen atoms in total. The number of carbonyl (C=O) groups excluding carboxylic acids is 1. The van der Waals surface area contributed by atoms with Gasteiger partial charge in [0.1, 0.15) is 5.60 Å².